The van der Waals surface area contributed by atoms with Crippen molar-refractivity contribution in [1.82, 2.24) is 26.5 Å². The second kappa shape index (κ2) is 7.39. The van der Waals surface area contributed by atoms with E-state index in [2.05, 4.69) is 31.4 Å². The van der Waals surface area contributed by atoms with Crippen LogP contribution >= 0.6 is 0 Å². The first-order valence-electron chi connectivity index (χ1n) is 7.59. The zero-order valence-corrected chi connectivity index (χ0v) is 12.5. The molecular weight excluding hydrogens is 284 g/mol. The number of carbonyl (C=O) groups excluding carboxylic acids is 1. The molecule has 2 amide bonds. The van der Waals surface area contributed by atoms with Gasteiger partial charge in [0, 0.05) is 38.9 Å². The minimum atomic E-state index is -0.159. The van der Waals surface area contributed by atoms with Crippen molar-refractivity contribution in [2.45, 2.75) is 12.6 Å². The number of nitrogens with one attached hydrogen (secondary N) is 4. The number of pyridine rings is 1. The molecule has 0 spiro atoms. The van der Waals surface area contributed by atoms with E-state index in [4.69, 9.17) is 4.74 Å². The SMILES string of the molecule is O=C(NCc1ccc(N2CCOCC2)nc1)NC1CNNC1. The molecule has 4 N–H and O–H groups in total. The maximum absolute atomic E-state index is 11.8. The van der Waals surface area contributed by atoms with E-state index >= 15 is 0 Å². The van der Waals surface area contributed by atoms with Crippen LogP contribution in [0.1, 0.15) is 5.56 Å². The fraction of sp³-hybridized carbons (Fsp3) is 0.571. The van der Waals surface area contributed by atoms with Crippen LogP contribution in [-0.4, -0.2) is 56.4 Å². The third-order valence-corrected chi connectivity index (χ3v) is 3.75. The molecule has 0 bridgehead atoms. The molecule has 0 aliphatic carbocycles. The normalized spacial score (nSPS) is 19.2. The van der Waals surface area contributed by atoms with Crippen molar-refractivity contribution in [3.63, 3.8) is 0 Å². The van der Waals surface area contributed by atoms with Crippen LogP contribution < -0.4 is 26.4 Å². The van der Waals surface area contributed by atoms with Crippen LogP contribution in [0.4, 0.5) is 10.6 Å². The molecule has 0 saturated carbocycles. The van der Waals surface area contributed by atoms with Crippen LogP contribution in [0, 0.1) is 0 Å². The largest absolute Gasteiger partial charge is 0.378 e. The average Bonchev–Trinajstić information content (AvgIpc) is 3.07. The third-order valence-electron chi connectivity index (χ3n) is 3.75. The Morgan fingerprint density at radius 1 is 1.32 bits per heavy atom. The summed E-state index contributed by atoms with van der Waals surface area (Å²) in [5.41, 5.74) is 6.93. The van der Waals surface area contributed by atoms with Crippen molar-refractivity contribution in [1.29, 1.82) is 0 Å². The Bertz CT molecular complexity index is 483. The molecule has 2 aliphatic heterocycles. The summed E-state index contributed by atoms with van der Waals surface area (Å²) in [6, 6.07) is 3.96. The van der Waals surface area contributed by atoms with Crippen LogP contribution in [0.3, 0.4) is 0 Å². The molecule has 2 saturated heterocycles. The molecule has 0 atom stereocenters. The van der Waals surface area contributed by atoms with Crippen molar-refractivity contribution in [2.75, 3.05) is 44.3 Å². The van der Waals surface area contributed by atoms with Crippen LogP contribution in [0.25, 0.3) is 0 Å². The lowest BCUT2D eigenvalue weighted by Crippen LogP contribution is -2.44. The number of hydrogen-bond donors (Lipinski definition) is 4. The second-order valence-corrected chi connectivity index (χ2v) is 5.41. The highest BCUT2D eigenvalue weighted by molar-refractivity contribution is 5.74. The Hall–Kier alpha value is -1.90. The molecule has 8 heteroatoms. The molecule has 0 radical (unpaired) electrons. The summed E-state index contributed by atoms with van der Waals surface area (Å²) in [6.07, 6.45) is 1.81. The first-order valence-corrected chi connectivity index (χ1v) is 7.59. The fourth-order valence-electron chi connectivity index (χ4n) is 2.48. The molecule has 8 nitrogen and oxygen atoms in total. The van der Waals surface area contributed by atoms with Crippen molar-refractivity contribution in [2.24, 2.45) is 0 Å². The number of aromatic nitrogens is 1. The summed E-state index contributed by atoms with van der Waals surface area (Å²) in [4.78, 5) is 18.4. The maximum atomic E-state index is 11.8. The number of amides is 2. The predicted octanol–water partition coefficient (Wildman–Crippen LogP) is -0.806. The lowest BCUT2D eigenvalue weighted by Gasteiger charge is -2.27. The van der Waals surface area contributed by atoms with Crippen molar-refractivity contribution in [3.8, 4) is 0 Å². The van der Waals surface area contributed by atoms with Gasteiger partial charge in [0.15, 0.2) is 0 Å². The standard InChI is InChI=1S/C14H22N6O2/c21-14(19-12-9-17-18-10-12)16-8-11-1-2-13(15-7-11)20-3-5-22-6-4-20/h1-2,7,12,17-18H,3-6,8-10H2,(H2,16,19,21). The number of hydrogen-bond acceptors (Lipinski definition) is 6. The Kier molecular flexibility index (Phi) is 5.04. The maximum Gasteiger partial charge on any atom is 0.315 e. The fourth-order valence-corrected chi connectivity index (χ4v) is 2.48. The summed E-state index contributed by atoms with van der Waals surface area (Å²) in [5.74, 6) is 0.958. The Balaban J connectivity index is 1.45. The first kappa shape index (κ1) is 15.0. The summed E-state index contributed by atoms with van der Waals surface area (Å²) < 4.78 is 5.33. The number of nitrogens with zero attached hydrogens (tertiary/aromatic N) is 2. The van der Waals surface area contributed by atoms with Gasteiger partial charge in [0.05, 0.1) is 19.3 Å². The van der Waals surface area contributed by atoms with E-state index in [0.29, 0.717) is 6.54 Å². The van der Waals surface area contributed by atoms with Gasteiger partial charge in [-0.25, -0.2) is 9.78 Å². The van der Waals surface area contributed by atoms with Crippen LogP contribution in [0.15, 0.2) is 18.3 Å². The number of urea groups is 1. The minimum absolute atomic E-state index is 0.127. The van der Waals surface area contributed by atoms with Gasteiger partial charge in [0.2, 0.25) is 0 Å². The summed E-state index contributed by atoms with van der Waals surface area (Å²) >= 11 is 0. The van der Waals surface area contributed by atoms with E-state index in [1.54, 1.807) is 0 Å². The highest BCUT2D eigenvalue weighted by atomic mass is 16.5. The van der Waals surface area contributed by atoms with Crippen molar-refractivity contribution in [3.05, 3.63) is 23.9 Å². The number of morpholine rings is 1. The van der Waals surface area contributed by atoms with Crippen LogP contribution in [-0.2, 0) is 11.3 Å². The smallest absolute Gasteiger partial charge is 0.315 e. The van der Waals surface area contributed by atoms with E-state index < -0.39 is 0 Å². The Morgan fingerprint density at radius 3 is 2.77 bits per heavy atom. The Labute approximate surface area is 129 Å². The van der Waals surface area contributed by atoms with E-state index in [-0.39, 0.29) is 12.1 Å². The molecule has 1 aromatic rings. The van der Waals surface area contributed by atoms with E-state index in [0.717, 1.165) is 50.8 Å². The molecule has 2 aliphatic rings. The number of hydrazine groups is 1. The predicted molar refractivity (Wildman–Crippen MR) is 82.4 cm³/mol. The van der Waals surface area contributed by atoms with E-state index in [1.165, 1.54) is 0 Å². The molecule has 2 fully saturated rings. The third kappa shape index (κ3) is 4.06. The molecular formula is C14H22N6O2. The minimum Gasteiger partial charge on any atom is -0.378 e. The van der Waals surface area contributed by atoms with Gasteiger partial charge < -0.3 is 20.3 Å². The average molecular weight is 306 g/mol. The second-order valence-electron chi connectivity index (χ2n) is 5.41. The van der Waals surface area contributed by atoms with Gasteiger partial charge in [-0.2, -0.15) is 0 Å². The van der Waals surface area contributed by atoms with Crippen LogP contribution in [0.2, 0.25) is 0 Å². The summed E-state index contributed by atoms with van der Waals surface area (Å²) in [5, 5.41) is 5.74. The molecule has 3 heterocycles. The molecule has 3 rings (SSSR count). The number of carbonyl (C=O) groups is 1. The first-order chi connectivity index (χ1) is 10.8. The lowest BCUT2D eigenvalue weighted by molar-refractivity contribution is 0.122. The lowest BCUT2D eigenvalue weighted by atomic mass is 10.2. The quantitative estimate of drug-likeness (QED) is 0.582. The number of ether oxygens (including phenoxy) is 1. The highest BCUT2D eigenvalue weighted by Gasteiger charge is 2.16. The van der Waals surface area contributed by atoms with Gasteiger partial charge in [-0.05, 0) is 11.6 Å². The van der Waals surface area contributed by atoms with Gasteiger partial charge in [-0.3, -0.25) is 10.9 Å². The van der Waals surface area contributed by atoms with Gasteiger partial charge in [0.25, 0.3) is 0 Å². The molecule has 22 heavy (non-hydrogen) atoms. The topological polar surface area (TPSA) is 90.6 Å². The van der Waals surface area contributed by atoms with Crippen LogP contribution in [0.5, 0.6) is 0 Å². The van der Waals surface area contributed by atoms with E-state index in [1.807, 2.05) is 18.3 Å². The molecule has 1 aromatic heterocycles. The van der Waals surface area contributed by atoms with E-state index in [9.17, 15) is 4.79 Å². The highest BCUT2D eigenvalue weighted by Crippen LogP contribution is 2.12. The number of anilines is 1. The summed E-state index contributed by atoms with van der Waals surface area (Å²) in [7, 11) is 0. The van der Waals surface area contributed by atoms with Gasteiger partial charge in [-0.15, -0.1) is 0 Å². The molecule has 120 valence electrons. The van der Waals surface area contributed by atoms with Gasteiger partial charge in [-0.1, -0.05) is 6.07 Å². The van der Waals surface area contributed by atoms with Crippen molar-refractivity contribution < 1.29 is 9.53 Å². The van der Waals surface area contributed by atoms with Gasteiger partial charge in [0.1, 0.15) is 5.82 Å². The molecule has 0 unspecified atom stereocenters. The Morgan fingerprint density at radius 2 is 2.09 bits per heavy atom. The monoisotopic (exact) mass is 306 g/mol. The zero-order chi connectivity index (χ0) is 15.2. The molecule has 0 aromatic carbocycles. The van der Waals surface area contributed by atoms with Gasteiger partial charge >= 0.3 is 6.03 Å². The van der Waals surface area contributed by atoms with Crippen molar-refractivity contribution >= 4 is 11.8 Å². The number of rotatable bonds is 4. The zero-order valence-electron chi connectivity index (χ0n) is 12.5. The summed E-state index contributed by atoms with van der Waals surface area (Å²) in [6.45, 7) is 5.18.